The van der Waals surface area contributed by atoms with Crippen LogP contribution >= 0.6 is 0 Å². The fraction of sp³-hybridized carbons (Fsp3) is 0.462. The first-order chi connectivity index (χ1) is 8.10. The van der Waals surface area contributed by atoms with Crippen molar-refractivity contribution in [2.75, 3.05) is 25.1 Å². The smallest absolute Gasteiger partial charge is 0.308 e. The number of hydrogen-bond donors (Lipinski definition) is 1. The summed E-state index contributed by atoms with van der Waals surface area (Å²) in [5.74, 6) is -0.412. The first-order valence-electron chi connectivity index (χ1n) is 5.70. The largest absolute Gasteiger partial charge is 0.495 e. The zero-order chi connectivity index (χ0) is 12.8. The molecule has 1 rings (SSSR count). The highest BCUT2D eigenvalue weighted by molar-refractivity contribution is 5.71. The molecular formula is C13H19NO3. The molecule has 4 heteroatoms. The van der Waals surface area contributed by atoms with Crippen LogP contribution in [-0.2, 0) is 4.79 Å². The number of carboxylic acids is 1. The van der Waals surface area contributed by atoms with Gasteiger partial charge in [-0.15, -0.1) is 0 Å². The van der Waals surface area contributed by atoms with Gasteiger partial charge in [0.1, 0.15) is 5.75 Å². The molecule has 0 amide bonds. The van der Waals surface area contributed by atoms with Crippen molar-refractivity contribution in [2.24, 2.45) is 5.92 Å². The molecule has 1 atom stereocenters. The lowest BCUT2D eigenvalue weighted by Gasteiger charge is -2.26. The summed E-state index contributed by atoms with van der Waals surface area (Å²) >= 11 is 0. The average Bonchev–Trinajstić information content (AvgIpc) is 2.35. The summed E-state index contributed by atoms with van der Waals surface area (Å²) in [6.07, 6.45) is 0. The van der Waals surface area contributed by atoms with E-state index in [0.29, 0.717) is 6.54 Å². The van der Waals surface area contributed by atoms with Crippen LogP contribution in [0.15, 0.2) is 24.3 Å². The summed E-state index contributed by atoms with van der Waals surface area (Å²) in [5.41, 5.74) is 0.936. The molecule has 0 fully saturated rings. The number of hydrogen-bond acceptors (Lipinski definition) is 3. The molecule has 1 aromatic rings. The molecule has 1 N–H and O–H groups in total. The second-order valence-electron chi connectivity index (χ2n) is 3.95. The second kappa shape index (κ2) is 6.13. The van der Waals surface area contributed by atoms with Crippen molar-refractivity contribution in [1.29, 1.82) is 0 Å². The van der Waals surface area contributed by atoms with Crippen molar-refractivity contribution >= 4 is 11.7 Å². The number of aliphatic carboxylic acids is 1. The number of nitrogens with zero attached hydrogens (tertiary/aromatic N) is 1. The SMILES string of the molecule is CCN(CC(C)C(=O)O)c1ccccc1OC. The van der Waals surface area contributed by atoms with Crippen LogP contribution < -0.4 is 9.64 Å². The Bertz CT molecular complexity index is 379. The predicted molar refractivity (Wildman–Crippen MR) is 67.7 cm³/mol. The molecule has 1 unspecified atom stereocenters. The lowest BCUT2D eigenvalue weighted by Crippen LogP contribution is -2.31. The fourth-order valence-electron chi connectivity index (χ4n) is 1.70. The number of methoxy groups -OCH3 is 1. The van der Waals surface area contributed by atoms with Crippen molar-refractivity contribution in [1.82, 2.24) is 0 Å². The Kier molecular flexibility index (Phi) is 4.82. The molecule has 0 saturated carbocycles. The van der Waals surface area contributed by atoms with Gasteiger partial charge in [-0.1, -0.05) is 19.1 Å². The van der Waals surface area contributed by atoms with Crippen molar-refractivity contribution in [3.05, 3.63) is 24.3 Å². The second-order valence-corrected chi connectivity index (χ2v) is 3.95. The van der Waals surface area contributed by atoms with E-state index in [1.165, 1.54) is 0 Å². The van der Waals surface area contributed by atoms with E-state index in [0.717, 1.165) is 18.0 Å². The summed E-state index contributed by atoms with van der Waals surface area (Å²) in [5, 5.41) is 8.94. The van der Waals surface area contributed by atoms with Crippen molar-refractivity contribution in [3.63, 3.8) is 0 Å². The van der Waals surface area contributed by atoms with Crippen molar-refractivity contribution < 1.29 is 14.6 Å². The van der Waals surface area contributed by atoms with E-state index < -0.39 is 11.9 Å². The molecule has 0 aliphatic heterocycles. The fourth-order valence-corrected chi connectivity index (χ4v) is 1.70. The van der Waals surface area contributed by atoms with Crippen LogP contribution in [0.4, 0.5) is 5.69 Å². The molecule has 94 valence electrons. The Hall–Kier alpha value is -1.71. The number of ether oxygens (including phenoxy) is 1. The Balaban J connectivity index is 2.89. The average molecular weight is 237 g/mol. The third-order valence-corrected chi connectivity index (χ3v) is 2.72. The highest BCUT2D eigenvalue weighted by Crippen LogP contribution is 2.27. The summed E-state index contributed by atoms with van der Waals surface area (Å²) < 4.78 is 5.28. The van der Waals surface area contributed by atoms with Crippen LogP contribution in [0.3, 0.4) is 0 Å². The maximum Gasteiger partial charge on any atom is 0.308 e. The van der Waals surface area contributed by atoms with Crippen LogP contribution in [-0.4, -0.2) is 31.3 Å². The lowest BCUT2D eigenvalue weighted by molar-refractivity contribution is -0.140. The highest BCUT2D eigenvalue weighted by atomic mass is 16.5. The molecule has 4 nitrogen and oxygen atoms in total. The van der Waals surface area contributed by atoms with Gasteiger partial charge in [0, 0.05) is 13.1 Å². The van der Waals surface area contributed by atoms with Gasteiger partial charge in [0.05, 0.1) is 18.7 Å². The number of carboxylic acid groups (broad SMARTS) is 1. The van der Waals surface area contributed by atoms with E-state index >= 15 is 0 Å². The topological polar surface area (TPSA) is 49.8 Å². The number of rotatable bonds is 6. The van der Waals surface area contributed by atoms with Gasteiger partial charge in [0.25, 0.3) is 0 Å². The van der Waals surface area contributed by atoms with Gasteiger partial charge in [-0.25, -0.2) is 0 Å². The van der Waals surface area contributed by atoms with Gasteiger partial charge in [-0.2, -0.15) is 0 Å². The van der Waals surface area contributed by atoms with Crippen molar-refractivity contribution in [3.8, 4) is 5.75 Å². The molecule has 0 heterocycles. The zero-order valence-electron chi connectivity index (χ0n) is 10.5. The van der Waals surface area contributed by atoms with E-state index in [-0.39, 0.29) is 0 Å². The van der Waals surface area contributed by atoms with E-state index in [4.69, 9.17) is 9.84 Å². The van der Waals surface area contributed by atoms with Crippen LogP contribution in [0.2, 0.25) is 0 Å². The Morgan fingerprint density at radius 3 is 2.65 bits per heavy atom. The molecule has 0 saturated heterocycles. The van der Waals surface area contributed by atoms with Gasteiger partial charge < -0.3 is 14.7 Å². The van der Waals surface area contributed by atoms with Crippen LogP contribution in [0, 0.1) is 5.92 Å². The van der Waals surface area contributed by atoms with E-state index in [1.54, 1.807) is 14.0 Å². The third kappa shape index (κ3) is 3.37. The van der Waals surface area contributed by atoms with Gasteiger partial charge in [0.15, 0.2) is 0 Å². The normalized spacial score (nSPS) is 11.9. The maximum atomic E-state index is 10.9. The van der Waals surface area contributed by atoms with Crippen LogP contribution in [0.1, 0.15) is 13.8 Å². The molecule has 0 radical (unpaired) electrons. The minimum absolute atomic E-state index is 0.403. The minimum Gasteiger partial charge on any atom is -0.495 e. The molecule has 0 aromatic heterocycles. The van der Waals surface area contributed by atoms with Crippen LogP contribution in [0.5, 0.6) is 5.75 Å². The highest BCUT2D eigenvalue weighted by Gasteiger charge is 2.17. The zero-order valence-corrected chi connectivity index (χ0v) is 10.5. The van der Waals surface area contributed by atoms with Gasteiger partial charge in [0.2, 0.25) is 0 Å². The van der Waals surface area contributed by atoms with Crippen molar-refractivity contribution in [2.45, 2.75) is 13.8 Å². The van der Waals surface area contributed by atoms with E-state index in [1.807, 2.05) is 36.1 Å². The summed E-state index contributed by atoms with van der Waals surface area (Å²) in [6, 6.07) is 7.64. The molecule has 0 bridgehead atoms. The molecule has 0 aliphatic carbocycles. The Labute approximate surface area is 102 Å². The number of benzene rings is 1. The molecular weight excluding hydrogens is 218 g/mol. The first-order valence-corrected chi connectivity index (χ1v) is 5.70. The quantitative estimate of drug-likeness (QED) is 0.824. The van der Waals surface area contributed by atoms with Gasteiger partial charge in [-0.05, 0) is 19.1 Å². The van der Waals surface area contributed by atoms with Gasteiger partial charge >= 0.3 is 5.97 Å². The lowest BCUT2D eigenvalue weighted by atomic mass is 10.1. The molecule has 1 aromatic carbocycles. The maximum absolute atomic E-state index is 10.9. The molecule has 17 heavy (non-hydrogen) atoms. The minimum atomic E-state index is -0.779. The number of anilines is 1. The molecule has 0 aliphatic rings. The van der Waals surface area contributed by atoms with Crippen LogP contribution in [0.25, 0.3) is 0 Å². The number of carbonyl (C=O) groups is 1. The first kappa shape index (κ1) is 13.4. The third-order valence-electron chi connectivity index (χ3n) is 2.72. The van der Waals surface area contributed by atoms with E-state index in [2.05, 4.69) is 0 Å². The van der Waals surface area contributed by atoms with Gasteiger partial charge in [-0.3, -0.25) is 4.79 Å². The summed E-state index contributed by atoms with van der Waals surface area (Å²) in [4.78, 5) is 12.9. The predicted octanol–water partition coefficient (Wildman–Crippen LogP) is 2.24. The Morgan fingerprint density at radius 1 is 1.47 bits per heavy atom. The monoisotopic (exact) mass is 237 g/mol. The summed E-state index contributed by atoms with van der Waals surface area (Å²) in [7, 11) is 1.62. The standard InChI is InChI=1S/C13H19NO3/c1-4-14(9-10(2)13(15)16)11-7-5-6-8-12(11)17-3/h5-8,10H,4,9H2,1-3H3,(H,15,16). The summed E-state index contributed by atoms with van der Waals surface area (Å²) in [6.45, 7) is 4.94. The van der Waals surface area contributed by atoms with E-state index in [9.17, 15) is 4.79 Å². The number of para-hydroxylation sites is 2. The Morgan fingerprint density at radius 2 is 2.12 bits per heavy atom. The molecule has 0 spiro atoms.